The van der Waals surface area contributed by atoms with Crippen molar-refractivity contribution >= 4 is 5.97 Å². The summed E-state index contributed by atoms with van der Waals surface area (Å²) in [5.74, 6) is -0.101. The molecule has 0 aliphatic heterocycles. The minimum atomic E-state index is -0.869. The Labute approximate surface area is 95.2 Å². The molecule has 4 heteroatoms. The molecule has 0 bridgehead atoms. The molecule has 0 fully saturated rings. The van der Waals surface area contributed by atoms with Crippen LogP contribution in [0.3, 0.4) is 0 Å². The Kier molecular flexibility index (Phi) is 4.31. The number of aliphatic carboxylic acids is 1. The maximum absolute atomic E-state index is 11.1. The molecule has 0 aromatic heterocycles. The van der Waals surface area contributed by atoms with Gasteiger partial charge in [-0.25, -0.2) is 0 Å². The van der Waals surface area contributed by atoms with Gasteiger partial charge in [0.2, 0.25) is 0 Å². The van der Waals surface area contributed by atoms with Crippen LogP contribution < -0.4 is 10.1 Å². The van der Waals surface area contributed by atoms with E-state index >= 15 is 0 Å². The lowest BCUT2D eigenvalue weighted by Gasteiger charge is -2.15. The maximum Gasteiger partial charge on any atom is 0.325 e. The Balaban J connectivity index is 3.01. The van der Waals surface area contributed by atoms with Gasteiger partial charge in [0, 0.05) is 0 Å². The van der Waals surface area contributed by atoms with Crippen LogP contribution in [0.5, 0.6) is 5.75 Å². The molecule has 0 saturated carbocycles. The van der Waals surface area contributed by atoms with Gasteiger partial charge in [0.1, 0.15) is 11.8 Å². The van der Waals surface area contributed by atoms with E-state index in [4.69, 9.17) is 9.84 Å². The van der Waals surface area contributed by atoms with Crippen molar-refractivity contribution in [1.82, 2.24) is 5.32 Å². The van der Waals surface area contributed by atoms with Crippen molar-refractivity contribution in [3.8, 4) is 5.75 Å². The number of benzene rings is 1. The number of carbonyl (C=O) groups is 1. The van der Waals surface area contributed by atoms with E-state index in [0.29, 0.717) is 6.54 Å². The second-order valence-electron chi connectivity index (χ2n) is 3.56. The van der Waals surface area contributed by atoms with E-state index in [1.165, 1.54) is 0 Å². The lowest BCUT2D eigenvalue weighted by Crippen LogP contribution is -2.28. The van der Waals surface area contributed by atoms with Crippen molar-refractivity contribution in [2.75, 3.05) is 13.7 Å². The van der Waals surface area contributed by atoms with E-state index < -0.39 is 12.0 Å². The van der Waals surface area contributed by atoms with Gasteiger partial charge in [-0.1, -0.05) is 19.1 Å². The van der Waals surface area contributed by atoms with E-state index in [2.05, 4.69) is 5.32 Å². The zero-order valence-corrected chi connectivity index (χ0v) is 9.78. The van der Waals surface area contributed by atoms with Crippen LogP contribution in [0.4, 0.5) is 0 Å². The van der Waals surface area contributed by atoms with Gasteiger partial charge in [0.05, 0.1) is 7.11 Å². The second-order valence-corrected chi connectivity index (χ2v) is 3.56. The number of carboxylic acid groups (broad SMARTS) is 1. The Hall–Kier alpha value is -1.55. The van der Waals surface area contributed by atoms with E-state index in [1.807, 2.05) is 19.9 Å². The molecule has 1 rings (SSSR count). The molecule has 1 aromatic carbocycles. The van der Waals surface area contributed by atoms with E-state index in [0.717, 1.165) is 16.9 Å². The summed E-state index contributed by atoms with van der Waals surface area (Å²) in [6, 6.07) is 4.74. The molecule has 0 radical (unpaired) electrons. The summed E-state index contributed by atoms with van der Waals surface area (Å²) in [7, 11) is 1.60. The van der Waals surface area contributed by atoms with Crippen LogP contribution in [0, 0.1) is 6.92 Å². The average Bonchev–Trinajstić information content (AvgIpc) is 2.25. The van der Waals surface area contributed by atoms with Gasteiger partial charge in [-0.15, -0.1) is 0 Å². The third kappa shape index (κ3) is 2.73. The van der Waals surface area contributed by atoms with Crippen LogP contribution in [0.2, 0.25) is 0 Å². The first-order valence-corrected chi connectivity index (χ1v) is 5.20. The number of ether oxygens (including phenoxy) is 1. The van der Waals surface area contributed by atoms with Gasteiger partial charge in [0.15, 0.2) is 0 Å². The lowest BCUT2D eigenvalue weighted by molar-refractivity contribution is -0.139. The summed E-state index contributed by atoms with van der Waals surface area (Å²) in [6.07, 6.45) is 0. The number of rotatable bonds is 5. The number of likely N-dealkylation sites (N-methyl/N-ethyl adjacent to an activating group) is 1. The first-order chi connectivity index (χ1) is 7.60. The topological polar surface area (TPSA) is 58.6 Å². The SMILES string of the molecule is CCNC(C(=O)O)c1ccc(OC)c(C)c1. The van der Waals surface area contributed by atoms with Crippen LogP contribution >= 0.6 is 0 Å². The minimum absolute atomic E-state index is 0.613. The minimum Gasteiger partial charge on any atom is -0.496 e. The monoisotopic (exact) mass is 223 g/mol. The Morgan fingerprint density at radius 2 is 2.25 bits per heavy atom. The van der Waals surface area contributed by atoms with Crippen molar-refractivity contribution in [2.45, 2.75) is 19.9 Å². The number of aryl methyl sites for hydroxylation is 1. The van der Waals surface area contributed by atoms with Gasteiger partial charge in [0.25, 0.3) is 0 Å². The molecule has 1 unspecified atom stereocenters. The van der Waals surface area contributed by atoms with Crippen molar-refractivity contribution in [2.24, 2.45) is 0 Å². The number of hydrogen-bond donors (Lipinski definition) is 2. The predicted octanol–water partition coefficient (Wildman–Crippen LogP) is 1.74. The van der Waals surface area contributed by atoms with Gasteiger partial charge in [-0.05, 0) is 30.7 Å². The molecular weight excluding hydrogens is 206 g/mol. The molecule has 16 heavy (non-hydrogen) atoms. The molecule has 4 nitrogen and oxygen atoms in total. The fourth-order valence-electron chi connectivity index (χ4n) is 1.63. The second kappa shape index (κ2) is 5.51. The van der Waals surface area contributed by atoms with Crippen LogP contribution in [-0.2, 0) is 4.79 Å². The smallest absolute Gasteiger partial charge is 0.325 e. The summed E-state index contributed by atoms with van der Waals surface area (Å²) in [4.78, 5) is 11.1. The zero-order chi connectivity index (χ0) is 12.1. The first kappa shape index (κ1) is 12.5. The molecule has 0 heterocycles. The summed E-state index contributed by atoms with van der Waals surface area (Å²) in [5, 5.41) is 12.0. The summed E-state index contributed by atoms with van der Waals surface area (Å²) < 4.78 is 5.13. The highest BCUT2D eigenvalue weighted by Gasteiger charge is 2.18. The number of methoxy groups -OCH3 is 1. The highest BCUT2D eigenvalue weighted by atomic mass is 16.5. The highest BCUT2D eigenvalue weighted by molar-refractivity contribution is 5.75. The Morgan fingerprint density at radius 1 is 1.56 bits per heavy atom. The molecule has 0 amide bonds. The van der Waals surface area contributed by atoms with Gasteiger partial charge in [-0.3, -0.25) is 4.79 Å². The first-order valence-electron chi connectivity index (χ1n) is 5.20. The standard InChI is InChI=1S/C12H17NO3/c1-4-13-11(12(14)15)9-5-6-10(16-3)8(2)7-9/h5-7,11,13H,4H2,1-3H3,(H,14,15). The fraction of sp³-hybridized carbons (Fsp3) is 0.417. The maximum atomic E-state index is 11.1. The Morgan fingerprint density at radius 3 is 2.69 bits per heavy atom. The molecule has 1 atom stereocenters. The molecule has 0 aliphatic rings. The van der Waals surface area contributed by atoms with Crippen LogP contribution in [0.25, 0.3) is 0 Å². The van der Waals surface area contributed by atoms with Gasteiger partial charge < -0.3 is 15.2 Å². The zero-order valence-electron chi connectivity index (χ0n) is 9.78. The van der Waals surface area contributed by atoms with Gasteiger partial charge >= 0.3 is 5.97 Å². The van der Waals surface area contributed by atoms with Crippen molar-refractivity contribution in [1.29, 1.82) is 0 Å². The molecule has 0 saturated heterocycles. The van der Waals surface area contributed by atoms with Crippen molar-refractivity contribution in [3.05, 3.63) is 29.3 Å². The third-order valence-electron chi connectivity index (χ3n) is 2.41. The van der Waals surface area contributed by atoms with E-state index in [9.17, 15) is 4.79 Å². The normalized spacial score (nSPS) is 12.2. The molecule has 0 spiro atoms. The van der Waals surface area contributed by atoms with Crippen molar-refractivity contribution < 1.29 is 14.6 Å². The van der Waals surface area contributed by atoms with Gasteiger partial charge in [-0.2, -0.15) is 0 Å². The largest absolute Gasteiger partial charge is 0.496 e. The number of nitrogens with one attached hydrogen (secondary N) is 1. The Bertz CT molecular complexity index is 377. The number of carboxylic acids is 1. The van der Waals surface area contributed by atoms with Crippen molar-refractivity contribution in [3.63, 3.8) is 0 Å². The highest BCUT2D eigenvalue weighted by Crippen LogP contribution is 2.22. The molecule has 2 N–H and O–H groups in total. The molecule has 88 valence electrons. The predicted molar refractivity (Wildman–Crippen MR) is 61.8 cm³/mol. The summed E-state index contributed by atoms with van der Waals surface area (Å²) >= 11 is 0. The van der Waals surface area contributed by atoms with E-state index in [-0.39, 0.29) is 0 Å². The van der Waals surface area contributed by atoms with Crippen LogP contribution in [0.1, 0.15) is 24.1 Å². The molecule has 1 aromatic rings. The molecule has 0 aliphatic carbocycles. The number of hydrogen-bond acceptors (Lipinski definition) is 3. The molecular formula is C12H17NO3. The quantitative estimate of drug-likeness (QED) is 0.798. The summed E-state index contributed by atoms with van der Waals surface area (Å²) in [5.41, 5.74) is 1.68. The average molecular weight is 223 g/mol. The third-order valence-corrected chi connectivity index (χ3v) is 2.41. The fourth-order valence-corrected chi connectivity index (χ4v) is 1.63. The summed E-state index contributed by atoms with van der Waals surface area (Å²) in [6.45, 7) is 4.39. The van der Waals surface area contributed by atoms with Crippen LogP contribution in [-0.4, -0.2) is 24.7 Å². The lowest BCUT2D eigenvalue weighted by atomic mass is 10.0. The van der Waals surface area contributed by atoms with Crippen LogP contribution in [0.15, 0.2) is 18.2 Å². The van der Waals surface area contributed by atoms with E-state index in [1.54, 1.807) is 19.2 Å².